The summed E-state index contributed by atoms with van der Waals surface area (Å²) >= 11 is 5.04. The van der Waals surface area contributed by atoms with Crippen LogP contribution in [-0.4, -0.2) is 42.1 Å². The number of benzene rings is 1. The minimum absolute atomic E-state index is 0.0256. The van der Waals surface area contributed by atoms with E-state index in [9.17, 15) is 9.59 Å². The van der Waals surface area contributed by atoms with Crippen LogP contribution in [-0.2, 0) is 16.0 Å². The Labute approximate surface area is 158 Å². The molecule has 0 saturated carbocycles. The largest absolute Gasteiger partial charge is 0.493 e. The number of methoxy groups -OCH3 is 1. The van der Waals surface area contributed by atoms with Gasteiger partial charge in [0, 0.05) is 12.1 Å². The maximum absolute atomic E-state index is 12.6. The molecule has 1 heterocycles. The van der Waals surface area contributed by atoms with Gasteiger partial charge < -0.3 is 9.47 Å². The molecule has 0 bridgehead atoms. The van der Waals surface area contributed by atoms with Gasteiger partial charge in [-0.2, -0.15) is 0 Å². The molecule has 138 valence electrons. The highest BCUT2D eigenvalue weighted by atomic mass is 32.1. The minimum Gasteiger partial charge on any atom is -0.493 e. The molecule has 26 heavy (non-hydrogen) atoms. The Balaban J connectivity index is 2.54. The molecular formula is C19H22N2O4S. The fraction of sp³-hybridized carbons (Fsp3) is 0.316. The Morgan fingerprint density at radius 3 is 2.62 bits per heavy atom. The van der Waals surface area contributed by atoms with Crippen molar-refractivity contribution in [2.45, 2.75) is 20.3 Å². The number of hydrogen-bond donors (Lipinski definition) is 1. The molecule has 1 aliphatic rings. The summed E-state index contributed by atoms with van der Waals surface area (Å²) in [6.07, 6.45) is 3.85. The number of ether oxygens (including phenoxy) is 2. The molecule has 1 aromatic carbocycles. The fourth-order valence-electron chi connectivity index (χ4n) is 2.72. The summed E-state index contributed by atoms with van der Waals surface area (Å²) in [5.74, 6) is 0.237. The highest BCUT2D eigenvalue weighted by Gasteiger charge is 2.32. The van der Waals surface area contributed by atoms with E-state index in [0.717, 1.165) is 5.56 Å². The number of nitrogens with zero attached hydrogens (tertiary/aromatic N) is 1. The van der Waals surface area contributed by atoms with Gasteiger partial charge in [0.25, 0.3) is 11.8 Å². The highest BCUT2D eigenvalue weighted by molar-refractivity contribution is 7.80. The third-order valence-electron chi connectivity index (χ3n) is 3.84. The Bertz CT molecular complexity index is 786. The van der Waals surface area contributed by atoms with Gasteiger partial charge in [0.1, 0.15) is 5.57 Å². The fourth-order valence-corrected chi connectivity index (χ4v) is 3.02. The van der Waals surface area contributed by atoms with E-state index in [1.54, 1.807) is 26.2 Å². The van der Waals surface area contributed by atoms with Gasteiger partial charge in [0.2, 0.25) is 0 Å². The van der Waals surface area contributed by atoms with Crippen LogP contribution in [0.25, 0.3) is 6.08 Å². The van der Waals surface area contributed by atoms with Gasteiger partial charge in [-0.3, -0.25) is 19.8 Å². The van der Waals surface area contributed by atoms with Crippen LogP contribution in [0.5, 0.6) is 11.5 Å². The second-order valence-electron chi connectivity index (χ2n) is 5.50. The summed E-state index contributed by atoms with van der Waals surface area (Å²) in [5.41, 5.74) is 1.54. The predicted octanol–water partition coefficient (Wildman–Crippen LogP) is 2.47. The lowest BCUT2D eigenvalue weighted by Crippen LogP contribution is -2.53. The van der Waals surface area contributed by atoms with Crippen molar-refractivity contribution >= 4 is 35.2 Å². The van der Waals surface area contributed by atoms with Crippen LogP contribution in [0.3, 0.4) is 0 Å². The van der Waals surface area contributed by atoms with Crippen molar-refractivity contribution in [3.05, 3.63) is 41.5 Å². The number of nitrogens with one attached hydrogen (secondary N) is 1. The molecule has 1 fully saturated rings. The first kappa shape index (κ1) is 19.7. The second-order valence-corrected chi connectivity index (χ2v) is 5.89. The first-order chi connectivity index (χ1) is 12.5. The molecule has 0 aliphatic carbocycles. The Morgan fingerprint density at radius 1 is 1.31 bits per heavy atom. The SMILES string of the molecule is C=CCc1cc(/C=C2\C(=O)NC(=S)N(CC)C2=O)cc(OCC)c1OC. The van der Waals surface area contributed by atoms with Gasteiger partial charge in [-0.1, -0.05) is 6.08 Å². The van der Waals surface area contributed by atoms with Gasteiger partial charge >= 0.3 is 0 Å². The van der Waals surface area contributed by atoms with E-state index in [0.29, 0.717) is 36.6 Å². The van der Waals surface area contributed by atoms with E-state index in [1.807, 2.05) is 13.0 Å². The van der Waals surface area contributed by atoms with Gasteiger partial charge in [-0.05, 0) is 56.3 Å². The number of hydrogen-bond acceptors (Lipinski definition) is 5. The van der Waals surface area contributed by atoms with Crippen molar-refractivity contribution in [3.63, 3.8) is 0 Å². The highest BCUT2D eigenvalue weighted by Crippen LogP contribution is 2.34. The lowest BCUT2D eigenvalue weighted by molar-refractivity contribution is -0.128. The van der Waals surface area contributed by atoms with Crippen molar-refractivity contribution in [3.8, 4) is 11.5 Å². The zero-order valence-corrected chi connectivity index (χ0v) is 15.9. The molecule has 1 saturated heterocycles. The van der Waals surface area contributed by atoms with Crippen molar-refractivity contribution in [1.82, 2.24) is 10.2 Å². The molecule has 1 aromatic rings. The van der Waals surface area contributed by atoms with Crippen LogP contribution >= 0.6 is 12.2 Å². The molecule has 6 nitrogen and oxygen atoms in total. The number of likely N-dealkylation sites (N-methyl/N-ethyl adjacent to an activating group) is 1. The molecule has 0 aromatic heterocycles. The van der Waals surface area contributed by atoms with Crippen LogP contribution in [0.15, 0.2) is 30.4 Å². The molecule has 1 aliphatic heterocycles. The van der Waals surface area contributed by atoms with E-state index in [2.05, 4.69) is 11.9 Å². The summed E-state index contributed by atoms with van der Waals surface area (Å²) in [7, 11) is 1.57. The number of rotatable bonds is 7. The third-order valence-corrected chi connectivity index (χ3v) is 4.16. The van der Waals surface area contributed by atoms with E-state index in [4.69, 9.17) is 21.7 Å². The Hall–Kier alpha value is -2.67. The van der Waals surface area contributed by atoms with Gasteiger partial charge in [-0.25, -0.2) is 0 Å². The molecule has 7 heteroatoms. The average Bonchev–Trinajstić information content (AvgIpc) is 2.59. The lowest BCUT2D eigenvalue weighted by atomic mass is 10.0. The monoisotopic (exact) mass is 374 g/mol. The Kier molecular flexibility index (Phi) is 6.52. The van der Waals surface area contributed by atoms with E-state index >= 15 is 0 Å². The number of allylic oxidation sites excluding steroid dienone is 1. The summed E-state index contributed by atoms with van der Waals surface area (Å²) < 4.78 is 11.1. The molecule has 0 spiro atoms. The molecule has 0 unspecified atom stereocenters. The van der Waals surface area contributed by atoms with Gasteiger partial charge in [-0.15, -0.1) is 6.58 Å². The van der Waals surface area contributed by atoms with E-state index in [1.165, 1.54) is 11.0 Å². The van der Waals surface area contributed by atoms with E-state index in [-0.39, 0.29) is 10.7 Å². The quantitative estimate of drug-likeness (QED) is 0.344. The summed E-state index contributed by atoms with van der Waals surface area (Å²) in [6.45, 7) is 8.26. The lowest BCUT2D eigenvalue weighted by Gasteiger charge is -2.27. The normalized spacial score (nSPS) is 15.9. The van der Waals surface area contributed by atoms with Crippen molar-refractivity contribution < 1.29 is 19.1 Å². The molecule has 0 radical (unpaired) electrons. The van der Waals surface area contributed by atoms with Gasteiger partial charge in [0.05, 0.1) is 13.7 Å². The molecule has 2 amide bonds. The topological polar surface area (TPSA) is 67.9 Å². The summed E-state index contributed by atoms with van der Waals surface area (Å²) in [5, 5.41) is 2.66. The Morgan fingerprint density at radius 2 is 2.04 bits per heavy atom. The second kappa shape index (κ2) is 8.62. The van der Waals surface area contributed by atoms with E-state index < -0.39 is 11.8 Å². The number of amides is 2. The zero-order chi connectivity index (χ0) is 19.3. The molecule has 0 atom stereocenters. The first-order valence-corrected chi connectivity index (χ1v) is 8.71. The number of thiocarbonyl (C=S) groups is 1. The maximum atomic E-state index is 12.6. The molecule has 1 N–H and O–H groups in total. The molecule has 2 rings (SSSR count). The third kappa shape index (κ3) is 3.94. The predicted molar refractivity (Wildman–Crippen MR) is 104 cm³/mol. The standard InChI is InChI=1S/C19H22N2O4S/c1-5-8-13-9-12(11-15(25-7-3)16(13)24-4)10-14-17(22)20-19(26)21(6-2)18(14)23/h5,9-11H,1,6-8H2,2-4H3,(H,20,22,26)/b14-10+. The van der Waals surface area contributed by atoms with Crippen LogP contribution in [0, 0.1) is 0 Å². The first-order valence-electron chi connectivity index (χ1n) is 8.30. The number of carbonyl (C=O) groups excluding carboxylic acids is 2. The summed E-state index contributed by atoms with van der Waals surface area (Å²) in [6, 6.07) is 3.59. The van der Waals surface area contributed by atoms with Crippen molar-refractivity contribution in [2.75, 3.05) is 20.3 Å². The van der Waals surface area contributed by atoms with Crippen LogP contribution in [0.2, 0.25) is 0 Å². The van der Waals surface area contributed by atoms with Gasteiger partial charge in [0.15, 0.2) is 16.6 Å². The van der Waals surface area contributed by atoms with Crippen molar-refractivity contribution in [2.24, 2.45) is 0 Å². The number of carbonyl (C=O) groups is 2. The summed E-state index contributed by atoms with van der Waals surface area (Å²) in [4.78, 5) is 26.1. The zero-order valence-electron chi connectivity index (χ0n) is 15.1. The average molecular weight is 374 g/mol. The van der Waals surface area contributed by atoms with Crippen LogP contribution in [0.1, 0.15) is 25.0 Å². The van der Waals surface area contributed by atoms with Crippen LogP contribution < -0.4 is 14.8 Å². The molecular weight excluding hydrogens is 352 g/mol. The van der Waals surface area contributed by atoms with Crippen molar-refractivity contribution in [1.29, 1.82) is 0 Å². The smallest absolute Gasteiger partial charge is 0.265 e. The van der Waals surface area contributed by atoms with Crippen LogP contribution in [0.4, 0.5) is 0 Å². The minimum atomic E-state index is -0.510. The maximum Gasteiger partial charge on any atom is 0.265 e.